The Morgan fingerprint density at radius 3 is 2.33 bits per heavy atom. The maximum atomic E-state index is 4.08. The van der Waals surface area contributed by atoms with Crippen molar-refractivity contribution in [2.24, 2.45) is 11.3 Å². The molecule has 1 aliphatic heterocycles. The van der Waals surface area contributed by atoms with Gasteiger partial charge in [-0.2, -0.15) is 0 Å². The third kappa shape index (κ3) is 3.45. The lowest BCUT2D eigenvalue weighted by Crippen LogP contribution is -2.58. The van der Waals surface area contributed by atoms with Gasteiger partial charge in [0.2, 0.25) is 0 Å². The Hall–Kier alpha value is -0.383. The molecule has 1 saturated heterocycles. The van der Waals surface area contributed by atoms with Crippen LogP contribution in [0.2, 0.25) is 18.6 Å². The molecule has 0 amide bonds. The summed E-state index contributed by atoms with van der Waals surface area (Å²) in [6.07, 6.45) is 15.0. The van der Waals surface area contributed by atoms with Crippen molar-refractivity contribution in [3.8, 4) is 0 Å². The largest absolute Gasteiger partial charge is 0.332 e. The lowest BCUT2D eigenvalue weighted by molar-refractivity contribution is 0.120. The Bertz CT molecular complexity index is 510. The van der Waals surface area contributed by atoms with Gasteiger partial charge >= 0.3 is 0 Å². The molecular weight excluding hydrogens is 308 g/mol. The molecule has 136 valence electrons. The van der Waals surface area contributed by atoms with Crippen molar-refractivity contribution in [3.05, 3.63) is 24.3 Å². The first-order valence-electron chi connectivity index (χ1n) is 10.0. The Labute approximate surface area is 150 Å². The van der Waals surface area contributed by atoms with Gasteiger partial charge in [0.1, 0.15) is 8.24 Å². The van der Waals surface area contributed by atoms with Crippen LogP contribution in [0.5, 0.6) is 0 Å². The van der Waals surface area contributed by atoms with Crippen LogP contribution in [-0.2, 0) is 0 Å². The zero-order valence-electron chi connectivity index (χ0n) is 16.7. The molecule has 2 aliphatic carbocycles. The quantitative estimate of drug-likeness (QED) is 0.727. The number of rotatable bonds is 3. The van der Waals surface area contributed by atoms with Crippen molar-refractivity contribution in [1.82, 2.24) is 9.88 Å². The van der Waals surface area contributed by atoms with Crippen LogP contribution >= 0.6 is 0 Å². The van der Waals surface area contributed by atoms with Crippen molar-refractivity contribution in [2.45, 2.75) is 83.6 Å². The molecule has 0 aromatic carbocycles. The first-order valence-corrected chi connectivity index (χ1v) is 13.1. The molecule has 3 rings (SSSR count). The van der Waals surface area contributed by atoms with Gasteiger partial charge in [-0.1, -0.05) is 44.3 Å². The minimum atomic E-state index is -1.51. The summed E-state index contributed by atoms with van der Waals surface area (Å²) in [6, 6.07) is 0.736. The Kier molecular flexibility index (Phi) is 4.91. The number of allylic oxidation sites excluding steroid dienone is 3. The molecular formula is C21H38N2Si. The summed E-state index contributed by atoms with van der Waals surface area (Å²) in [7, 11) is -1.51. The van der Waals surface area contributed by atoms with E-state index in [0.29, 0.717) is 5.41 Å². The second kappa shape index (κ2) is 6.41. The topological polar surface area (TPSA) is 15.3 Å². The van der Waals surface area contributed by atoms with E-state index >= 15 is 0 Å². The molecule has 1 spiro atoms. The number of nitrogens with one attached hydrogen (secondary N) is 1. The maximum Gasteiger partial charge on any atom is 0.123 e. The fraction of sp³-hybridized carbons (Fsp3) is 0.810. The van der Waals surface area contributed by atoms with Crippen LogP contribution in [0.25, 0.3) is 0 Å². The molecule has 4 unspecified atom stereocenters. The van der Waals surface area contributed by atoms with Crippen molar-refractivity contribution in [3.63, 3.8) is 0 Å². The van der Waals surface area contributed by atoms with Gasteiger partial charge in [-0.3, -0.25) is 4.90 Å². The molecule has 0 radical (unpaired) electrons. The number of likely N-dealkylation sites (tertiary alicyclic amines) is 1. The number of hydrogen-bond acceptors (Lipinski definition) is 2. The van der Waals surface area contributed by atoms with Crippen LogP contribution < -0.4 is 4.98 Å². The van der Waals surface area contributed by atoms with Crippen LogP contribution in [-0.4, -0.2) is 37.8 Å². The second-order valence-electron chi connectivity index (χ2n) is 10.2. The number of hydrogen-bond donors (Lipinski definition) is 1. The molecule has 3 aliphatic rings. The molecule has 1 saturated carbocycles. The summed E-state index contributed by atoms with van der Waals surface area (Å²) in [6.45, 7) is 17.3. The fourth-order valence-corrected chi connectivity index (χ4v) is 10.7. The highest BCUT2D eigenvalue weighted by Gasteiger charge is 2.56. The molecule has 0 aromatic rings. The molecule has 3 heteroatoms. The van der Waals surface area contributed by atoms with E-state index in [4.69, 9.17) is 0 Å². The fourth-order valence-electron chi connectivity index (χ4n) is 6.20. The van der Waals surface area contributed by atoms with Crippen LogP contribution in [0.4, 0.5) is 0 Å². The Morgan fingerprint density at radius 1 is 1.12 bits per heavy atom. The van der Waals surface area contributed by atoms with E-state index in [2.05, 4.69) is 75.0 Å². The van der Waals surface area contributed by atoms with Gasteiger partial charge in [0.25, 0.3) is 0 Å². The second-order valence-corrected chi connectivity index (χ2v) is 14.6. The maximum absolute atomic E-state index is 4.08. The minimum absolute atomic E-state index is 0.219. The molecule has 1 N–H and O–H groups in total. The summed E-state index contributed by atoms with van der Waals surface area (Å²) in [5.74, 6) is 0.788. The molecule has 0 bridgehead atoms. The smallest absolute Gasteiger partial charge is 0.123 e. The van der Waals surface area contributed by atoms with Crippen molar-refractivity contribution >= 4 is 8.24 Å². The average Bonchev–Trinajstić information content (AvgIpc) is 3.05. The highest BCUT2D eigenvalue weighted by atomic mass is 28.3. The van der Waals surface area contributed by atoms with Gasteiger partial charge in [0.15, 0.2) is 0 Å². The number of nitrogens with zero attached hydrogens (tertiary/aromatic N) is 1. The van der Waals surface area contributed by atoms with E-state index in [1.807, 2.05) is 0 Å². The average molecular weight is 347 g/mol. The molecule has 2 nitrogen and oxygen atoms in total. The monoisotopic (exact) mass is 346 g/mol. The summed E-state index contributed by atoms with van der Waals surface area (Å²) in [5.41, 5.74) is 1.45. The van der Waals surface area contributed by atoms with Crippen LogP contribution in [0, 0.1) is 11.3 Å². The van der Waals surface area contributed by atoms with E-state index in [1.54, 1.807) is 0 Å². The summed E-state index contributed by atoms with van der Waals surface area (Å²) in [5, 5.41) is 0. The van der Waals surface area contributed by atoms with E-state index in [9.17, 15) is 0 Å². The molecule has 0 aromatic heterocycles. The SMILES string of the molecule is CC1C(N2CCCC2)C2(C=CC=CC2)CC1[Si](C)(C)NC(C)(C)C. The first-order chi connectivity index (χ1) is 11.1. The Morgan fingerprint density at radius 2 is 1.79 bits per heavy atom. The third-order valence-corrected chi connectivity index (χ3v) is 10.6. The van der Waals surface area contributed by atoms with E-state index in [1.165, 1.54) is 38.8 Å². The van der Waals surface area contributed by atoms with Crippen molar-refractivity contribution in [2.75, 3.05) is 13.1 Å². The van der Waals surface area contributed by atoms with Crippen LogP contribution in [0.15, 0.2) is 24.3 Å². The van der Waals surface area contributed by atoms with E-state index < -0.39 is 8.24 Å². The normalized spacial score (nSPS) is 37.7. The van der Waals surface area contributed by atoms with Gasteiger partial charge in [-0.25, -0.2) is 0 Å². The predicted octanol–water partition coefficient (Wildman–Crippen LogP) is 4.96. The van der Waals surface area contributed by atoms with Gasteiger partial charge in [0, 0.05) is 17.0 Å². The third-order valence-electron chi connectivity index (χ3n) is 6.65. The van der Waals surface area contributed by atoms with Crippen molar-refractivity contribution in [1.29, 1.82) is 0 Å². The first kappa shape index (κ1) is 18.4. The van der Waals surface area contributed by atoms with Gasteiger partial charge in [-0.15, -0.1) is 0 Å². The summed E-state index contributed by atoms with van der Waals surface area (Å²) < 4.78 is 0. The minimum Gasteiger partial charge on any atom is -0.332 e. The standard InChI is InChI=1S/C21H38N2Si/c1-17-18(24(5,6)22-20(2,3)4)16-21(12-8-7-9-13-21)19(17)23-14-10-11-15-23/h7-9,12,17-19,22H,10-11,13-16H2,1-6H3. The van der Waals surface area contributed by atoms with Crippen molar-refractivity contribution < 1.29 is 0 Å². The molecule has 1 heterocycles. The molecule has 4 atom stereocenters. The summed E-state index contributed by atoms with van der Waals surface area (Å²) >= 11 is 0. The van der Waals surface area contributed by atoms with E-state index in [0.717, 1.165) is 17.5 Å². The summed E-state index contributed by atoms with van der Waals surface area (Å²) in [4.78, 5) is 6.92. The molecule has 24 heavy (non-hydrogen) atoms. The predicted molar refractivity (Wildman–Crippen MR) is 108 cm³/mol. The van der Waals surface area contributed by atoms with Gasteiger partial charge in [-0.05, 0) is 71.0 Å². The lowest BCUT2D eigenvalue weighted by atomic mass is 9.75. The van der Waals surface area contributed by atoms with Crippen LogP contribution in [0.1, 0.15) is 53.4 Å². The lowest BCUT2D eigenvalue weighted by Gasteiger charge is -2.41. The Balaban J connectivity index is 1.90. The zero-order valence-corrected chi connectivity index (χ0v) is 17.7. The highest BCUT2D eigenvalue weighted by molar-refractivity contribution is 6.76. The van der Waals surface area contributed by atoms with E-state index in [-0.39, 0.29) is 5.54 Å². The van der Waals surface area contributed by atoms with Gasteiger partial charge < -0.3 is 4.98 Å². The zero-order chi connectivity index (χ0) is 17.6. The molecule has 2 fully saturated rings. The van der Waals surface area contributed by atoms with Crippen LogP contribution in [0.3, 0.4) is 0 Å². The van der Waals surface area contributed by atoms with Gasteiger partial charge in [0.05, 0.1) is 0 Å². The highest BCUT2D eigenvalue weighted by Crippen LogP contribution is 2.58.